The molecule has 0 radical (unpaired) electrons. The summed E-state index contributed by atoms with van der Waals surface area (Å²) in [6.45, 7) is 6.79. The fourth-order valence-corrected chi connectivity index (χ4v) is 4.93. The third-order valence-corrected chi connectivity index (χ3v) is 6.91. The lowest BCUT2D eigenvalue weighted by molar-refractivity contribution is -0.149. The summed E-state index contributed by atoms with van der Waals surface area (Å²) in [7, 11) is 0. The smallest absolute Gasteiger partial charge is 0.336 e. The zero-order valence-corrected chi connectivity index (χ0v) is 17.8. The lowest BCUT2D eigenvalue weighted by atomic mass is 9.77. The van der Waals surface area contributed by atoms with Crippen LogP contribution in [-0.2, 0) is 20.9 Å². The average Bonchev–Trinajstić information content (AvgIpc) is 3.09. The van der Waals surface area contributed by atoms with Crippen LogP contribution >= 0.6 is 0 Å². The second-order valence-electron chi connectivity index (χ2n) is 8.98. The lowest BCUT2D eigenvalue weighted by Crippen LogP contribution is -2.45. The molecule has 30 heavy (non-hydrogen) atoms. The number of rotatable bonds is 4. The first-order valence-electron chi connectivity index (χ1n) is 10.8. The van der Waals surface area contributed by atoms with Crippen LogP contribution in [0.5, 0.6) is 0 Å². The number of amides is 1. The minimum Gasteiger partial charge on any atom is -0.461 e. The number of hydrogen-bond donors (Lipinski definition) is 0. The zero-order chi connectivity index (χ0) is 21.4. The second kappa shape index (κ2) is 8.25. The van der Waals surface area contributed by atoms with Gasteiger partial charge in [-0.25, -0.2) is 4.79 Å². The van der Waals surface area contributed by atoms with Crippen LogP contribution in [0.2, 0.25) is 0 Å². The molecule has 4 unspecified atom stereocenters. The summed E-state index contributed by atoms with van der Waals surface area (Å²) in [6, 6.07) is 7.16. The molecule has 2 heterocycles. The molecular formula is C24H29NO5. The predicted molar refractivity (Wildman–Crippen MR) is 113 cm³/mol. The van der Waals surface area contributed by atoms with E-state index in [0.717, 1.165) is 23.8 Å². The first-order chi connectivity index (χ1) is 14.3. The van der Waals surface area contributed by atoms with Crippen LogP contribution in [0.25, 0.3) is 11.0 Å². The maximum absolute atomic E-state index is 12.7. The third-order valence-electron chi connectivity index (χ3n) is 6.91. The molecule has 1 aromatic heterocycles. The van der Waals surface area contributed by atoms with Gasteiger partial charge in [-0.2, -0.15) is 0 Å². The monoisotopic (exact) mass is 411 g/mol. The Kier molecular flexibility index (Phi) is 5.67. The number of likely N-dealkylation sites (tertiary alicyclic amines) is 1. The van der Waals surface area contributed by atoms with Gasteiger partial charge in [0.2, 0.25) is 5.91 Å². The van der Waals surface area contributed by atoms with E-state index in [-0.39, 0.29) is 30.9 Å². The summed E-state index contributed by atoms with van der Waals surface area (Å²) in [5.41, 5.74) is 1.61. The SMILES string of the molecule is Cc1ccc2c(COC(=O)C3CC(=O)N(C4CCCC(C)C4C)C3)cc(=O)oc2c1. The van der Waals surface area contributed by atoms with Gasteiger partial charge in [-0.15, -0.1) is 0 Å². The minimum absolute atomic E-state index is 0.00838. The number of hydrogen-bond acceptors (Lipinski definition) is 5. The van der Waals surface area contributed by atoms with E-state index in [2.05, 4.69) is 13.8 Å². The molecule has 1 amide bonds. The largest absolute Gasteiger partial charge is 0.461 e. The highest BCUT2D eigenvalue weighted by Crippen LogP contribution is 2.36. The molecule has 4 atom stereocenters. The predicted octanol–water partition coefficient (Wildman–Crippen LogP) is 3.82. The maximum Gasteiger partial charge on any atom is 0.336 e. The van der Waals surface area contributed by atoms with E-state index in [1.165, 1.54) is 12.5 Å². The summed E-state index contributed by atoms with van der Waals surface area (Å²) in [6.07, 6.45) is 3.53. The molecule has 1 aliphatic carbocycles. The Bertz CT molecular complexity index is 1030. The fraction of sp³-hybridized carbons (Fsp3) is 0.542. The normalized spacial score (nSPS) is 26.9. The van der Waals surface area contributed by atoms with Crippen LogP contribution in [0.4, 0.5) is 0 Å². The van der Waals surface area contributed by atoms with E-state index in [9.17, 15) is 14.4 Å². The Hall–Kier alpha value is -2.63. The molecule has 0 N–H and O–H groups in total. The van der Waals surface area contributed by atoms with Gasteiger partial charge in [0.1, 0.15) is 12.2 Å². The van der Waals surface area contributed by atoms with E-state index in [1.807, 2.05) is 24.0 Å². The highest BCUT2D eigenvalue weighted by molar-refractivity contribution is 5.87. The molecule has 6 nitrogen and oxygen atoms in total. The number of carbonyl (C=O) groups is 2. The summed E-state index contributed by atoms with van der Waals surface area (Å²) in [5.74, 6) is 0.246. The highest BCUT2D eigenvalue weighted by Gasteiger charge is 2.42. The molecule has 2 aliphatic rings. The van der Waals surface area contributed by atoms with Gasteiger partial charge in [0.25, 0.3) is 0 Å². The average molecular weight is 411 g/mol. The minimum atomic E-state index is -0.471. The zero-order valence-electron chi connectivity index (χ0n) is 17.8. The van der Waals surface area contributed by atoms with Gasteiger partial charge >= 0.3 is 11.6 Å². The third kappa shape index (κ3) is 4.00. The Morgan fingerprint density at radius 1 is 1.20 bits per heavy atom. The topological polar surface area (TPSA) is 76.8 Å². The van der Waals surface area contributed by atoms with E-state index in [1.54, 1.807) is 6.07 Å². The van der Waals surface area contributed by atoms with Crippen LogP contribution in [0.1, 0.15) is 50.7 Å². The second-order valence-corrected chi connectivity index (χ2v) is 8.98. The molecule has 0 spiro atoms. The van der Waals surface area contributed by atoms with Crippen LogP contribution in [0, 0.1) is 24.7 Å². The first-order valence-corrected chi connectivity index (χ1v) is 10.8. The standard InChI is InChI=1S/C24H29NO5/c1-14-7-8-19-18(11-23(27)30-21(19)9-14)13-29-24(28)17-10-22(26)25(12-17)20-6-4-5-15(2)16(20)3/h7-9,11,15-17,20H,4-6,10,12-13H2,1-3H3. The fourth-order valence-electron chi connectivity index (χ4n) is 4.93. The molecular weight excluding hydrogens is 382 g/mol. The Morgan fingerprint density at radius 2 is 2.00 bits per heavy atom. The molecule has 160 valence electrons. The molecule has 1 aliphatic heterocycles. The van der Waals surface area contributed by atoms with Crippen molar-refractivity contribution in [2.24, 2.45) is 17.8 Å². The number of esters is 1. The molecule has 0 bridgehead atoms. The lowest BCUT2D eigenvalue weighted by Gasteiger charge is -2.39. The molecule has 4 rings (SSSR count). The van der Waals surface area contributed by atoms with Crippen LogP contribution in [0.3, 0.4) is 0 Å². The number of benzene rings is 1. The van der Waals surface area contributed by atoms with E-state index in [0.29, 0.717) is 29.5 Å². The van der Waals surface area contributed by atoms with Crippen molar-refractivity contribution in [3.05, 3.63) is 45.8 Å². The van der Waals surface area contributed by atoms with Crippen molar-refractivity contribution in [2.75, 3.05) is 6.54 Å². The van der Waals surface area contributed by atoms with Crippen molar-refractivity contribution in [2.45, 2.75) is 59.1 Å². The van der Waals surface area contributed by atoms with Gasteiger partial charge in [0.05, 0.1) is 5.92 Å². The Balaban J connectivity index is 1.43. The number of nitrogens with zero attached hydrogens (tertiary/aromatic N) is 1. The number of fused-ring (bicyclic) bond motifs is 1. The first kappa shape index (κ1) is 20.6. The van der Waals surface area contributed by atoms with E-state index in [4.69, 9.17) is 9.15 Å². The highest BCUT2D eigenvalue weighted by atomic mass is 16.5. The quantitative estimate of drug-likeness (QED) is 0.565. The van der Waals surface area contributed by atoms with E-state index >= 15 is 0 Å². The van der Waals surface area contributed by atoms with Gasteiger partial charge in [0, 0.05) is 36.0 Å². The van der Waals surface area contributed by atoms with Gasteiger partial charge < -0.3 is 14.1 Å². The van der Waals surface area contributed by atoms with Gasteiger partial charge in [-0.3, -0.25) is 9.59 Å². The molecule has 2 fully saturated rings. The van der Waals surface area contributed by atoms with E-state index < -0.39 is 11.5 Å². The number of aryl methyl sites for hydroxylation is 1. The van der Waals surface area contributed by atoms with Crippen molar-refractivity contribution in [3.63, 3.8) is 0 Å². The molecule has 1 aromatic carbocycles. The Labute approximate surface area is 176 Å². The van der Waals surface area contributed by atoms with Crippen molar-refractivity contribution in [1.29, 1.82) is 0 Å². The van der Waals surface area contributed by atoms with Crippen molar-refractivity contribution < 1.29 is 18.7 Å². The molecule has 1 saturated heterocycles. The van der Waals surface area contributed by atoms with Crippen molar-refractivity contribution in [1.82, 2.24) is 4.90 Å². The van der Waals surface area contributed by atoms with Gasteiger partial charge in [-0.05, 0) is 36.8 Å². The summed E-state index contributed by atoms with van der Waals surface area (Å²) < 4.78 is 10.8. The number of ether oxygens (including phenoxy) is 1. The summed E-state index contributed by atoms with van der Waals surface area (Å²) >= 11 is 0. The molecule has 2 aromatic rings. The molecule has 6 heteroatoms. The Morgan fingerprint density at radius 3 is 2.80 bits per heavy atom. The van der Waals surface area contributed by atoms with Gasteiger partial charge in [0.15, 0.2) is 0 Å². The summed E-state index contributed by atoms with van der Waals surface area (Å²) in [5, 5.41) is 0.752. The summed E-state index contributed by atoms with van der Waals surface area (Å²) in [4.78, 5) is 39.1. The number of carbonyl (C=O) groups excluding carboxylic acids is 2. The van der Waals surface area contributed by atoms with Crippen molar-refractivity contribution in [3.8, 4) is 0 Å². The maximum atomic E-state index is 12.7. The van der Waals surface area contributed by atoms with Crippen molar-refractivity contribution >= 4 is 22.8 Å². The molecule has 1 saturated carbocycles. The van der Waals surface area contributed by atoms with Gasteiger partial charge in [-0.1, -0.05) is 38.8 Å². The van der Waals surface area contributed by atoms with Crippen LogP contribution in [0.15, 0.2) is 33.5 Å². The van der Waals surface area contributed by atoms with Crippen LogP contribution < -0.4 is 5.63 Å². The van der Waals surface area contributed by atoms with Crippen LogP contribution in [-0.4, -0.2) is 29.4 Å².